The Hall–Kier alpha value is -3.06. The largest absolute Gasteiger partial charge is 0.416 e. The van der Waals surface area contributed by atoms with Crippen molar-refractivity contribution in [3.8, 4) is 6.07 Å². The van der Waals surface area contributed by atoms with Gasteiger partial charge in [-0.3, -0.25) is 4.79 Å². The first kappa shape index (κ1) is 28.9. The third kappa shape index (κ3) is 6.40. The quantitative estimate of drug-likeness (QED) is 0.346. The number of alkyl halides is 6. The fourth-order valence-corrected chi connectivity index (χ4v) is 5.87. The molecule has 4 rings (SSSR count). The highest BCUT2D eigenvalue weighted by atomic mass is 19.4. The van der Waals surface area contributed by atoms with E-state index in [1.54, 1.807) is 4.90 Å². The highest BCUT2D eigenvalue weighted by molar-refractivity contribution is 5.78. The Labute approximate surface area is 223 Å². The Morgan fingerprint density at radius 3 is 2.26 bits per heavy atom. The molecule has 39 heavy (non-hydrogen) atoms. The van der Waals surface area contributed by atoms with Crippen molar-refractivity contribution in [2.75, 3.05) is 13.2 Å². The molecule has 2 fully saturated rings. The molecule has 0 radical (unpaired) electrons. The average Bonchev–Trinajstić information content (AvgIpc) is 2.91. The zero-order valence-electron chi connectivity index (χ0n) is 21.5. The summed E-state index contributed by atoms with van der Waals surface area (Å²) in [5.41, 5.74) is -3.04. The maximum absolute atomic E-state index is 13.4. The van der Waals surface area contributed by atoms with Gasteiger partial charge in [0, 0.05) is 13.0 Å². The monoisotopic (exact) mass is 552 g/mol. The number of carbonyl (C=O) groups excluding carboxylic acids is 1. The minimum Gasteiger partial charge on any atom is -0.374 e. The van der Waals surface area contributed by atoms with Gasteiger partial charge >= 0.3 is 12.4 Å². The number of nitriles is 1. The molecule has 1 saturated heterocycles. The number of halogens is 6. The molecule has 10 heteroatoms. The van der Waals surface area contributed by atoms with Crippen molar-refractivity contribution < 1.29 is 35.9 Å². The number of benzene rings is 2. The van der Waals surface area contributed by atoms with Crippen molar-refractivity contribution in [1.29, 1.82) is 5.26 Å². The van der Waals surface area contributed by atoms with Crippen molar-refractivity contribution in [2.45, 2.75) is 75.4 Å². The van der Waals surface area contributed by atoms with Crippen molar-refractivity contribution in [3.05, 3.63) is 70.8 Å². The molecule has 2 aromatic carbocycles. The lowest BCUT2D eigenvalue weighted by atomic mass is 9.67. The molecule has 4 nitrogen and oxygen atoms in total. The van der Waals surface area contributed by atoms with Crippen LogP contribution in [0.2, 0.25) is 0 Å². The van der Waals surface area contributed by atoms with Crippen LogP contribution in [0.3, 0.4) is 0 Å². The van der Waals surface area contributed by atoms with Gasteiger partial charge < -0.3 is 9.64 Å². The van der Waals surface area contributed by atoms with E-state index in [9.17, 15) is 36.4 Å². The zero-order chi connectivity index (χ0) is 28.4. The number of nitrogens with zero attached hydrogens (tertiary/aromatic N) is 2. The molecule has 1 aliphatic carbocycles. The van der Waals surface area contributed by atoms with E-state index in [0.717, 1.165) is 18.4 Å². The lowest BCUT2D eigenvalue weighted by Gasteiger charge is -2.48. The van der Waals surface area contributed by atoms with Crippen molar-refractivity contribution >= 4 is 5.91 Å². The standard InChI is InChI=1S/C29H30F6N2O2/c1-19(21-13-23(28(30,31)32)15-24(14-21)29(33,34)35)39-17-22-16-27(18-36,37-12-6-5-9-26(37)38)11-10-25(22)20-7-3-2-4-8-20/h2-4,7-8,13-15,19,22,25H,5-6,9-12,16-17H2,1H3/t19-,22-,25-,27-/m1/s1. The summed E-state index contributed by atoms with van der Waals surface area (Å²) < 4.78 is 86.2. The van der Waals surface area contributed by atoms with Crippen LogP contribution < -0.4 is 0 Å². The Bertz CT molecular complexity index is 1170. The smallest absolute Gasteiger partial charge is 0.374 e. The summed E-state index contributed by atoms with van der Waals surface area (Å²) in [5, 5.41) is 10.3. The van der Waals surface area contributed by atoms with Gasteiger partial charge in [-0.2, -0.15) is 31.6 Å². The number of amides is 1. The lowest BCUT2D eigenvalue weighted by Crippen LogP contribution is -2.56. The Morgan fingerprint density at radius 1 is 1.05 bits per heavy atom. The molecule has 0 spiro atoms. The van der Waals surface area contributed by atoms with Gasteiger partial charge in [-0.05, 0) is 80.2 Å². The van der Waals surface area contributed by atoms with Crippen LogP contribution in [-0.4, -0.2) is 29.5 Å². The van der Waals surface area contributed by atoms with Crippen molar-refractivity contribution in [2.24, 2.45) is 5.92 Å². The van der Waals surface area contributed by atoms with Gasteiger partial charge in [0.15, 0.2) is 0 Å². The lowest BCUT2D eigenvalue weighted by molar-refractivity contribution is -0.144. The summed E-state index contributed by atoms with van der Waals surface area (Å²) in [6, 6.07) is 13.4. The van der Waals surface area contributed by atoms with E-state index in [2.05, 4.69) is 6.07 Å². The van der Waals surface area contributed by atoms with E-state index in [-0.39, 0.29) is 36.0 Å². The molecule has 1 amide bonds. The molecule has 2 aliphatic rings. The van der Waals surface area contributed by atoms with Crippen LogP contribution in [0.15, 0.2) is 48.5 Å². The Balaban J connectivity index is 1.61. The molecule has 210 valence electrons. The normalized spacial score (nSPS) is 25.3. The van der Waals surface area contributed by atoms with Gasteiger partial charge in [-0.1, -0.05) is 30.3 Å². The van der Waals surface area contributed by atoms with E-state index in [1.165, 1.54) is 6.92 Å². The minimum atomic E-state index is -4.95. The molecule has 0 bridgehead atoms. The summed E-state index contributed by atoms with van der Waals surface area (Å²) in [7, 11) is 0. The van der Waals surface area contributed by atoms with Gasteiger partial charge in [-0.25, -0.2) is 0 Å². The van der Waals surface area contributed by atoms with E-state index in [1.807, 2.05) is 30.3 Å². The molecule has 0 N–H and O–H groups in total. The molecule has 1 saturated carbocycles. The molecule has 0 aromatic heterocycles. The number of hydrogen-bond acceptors (Lipinski definition) is 3. The van der Waals surface area contributed by atoms with Gasteiger partial charge in [0.25, 0.3) is 0 Å². The Morgan fingerprint density at radius 2 is 1.69 bits per heavy atom. The number of carbonyl (C=O) groups is 1. The predicted octanol–water partition coefficient (Wildman–Crippen LogP) is 7.66. The fourth-order valence-electron chi connectivity index (χ4n) is 5.87. The highest BCUT2D eigenvalue weighted by Crippen LogP contribution is 2.46. The second-order valence-electron chi connectivity index (χ2n) is 10.5. The summed E-state index contributed by atoms with van der Waals surface area (Å²) in [6.07, 6.45) is -7.67. The topological polar surface area (TPSA) is 53.3 Å². The second kappa shape index (κ2) is 11.2. The van der Waals surface area contributed by atoms with E-state index < -0.39 is 35.1 Å². The van der Waals surface area contributed by atoms with Gasteiger partial charge in [0.1, 0.15) is 5.54 Å². The van der Waals surface area contributed by atoms with Gasteiger partial charge in [-0.15, -0.1) is 0 Å². The maximum Gasteiger partial charge on any atom is 0.416 e. The third-order valence-electron chi connectivity index (χ3n) is 7.95. The number of hydrogen-bond donors (Lipinski definition) is 0. The van der Waals surface area contributed by atoms with Crippen molar-refractivity contribution in [3.63, 3.8) is 0 Å². The predicted molar refractivity (Wildman–Crippen MR) is 131 cm³/mol. The number of likely N-dealkylation sites (tertiary alicyclic amines) is 1. The first-order valence-electron chi connectivity index (χ1n) is 13.0. The molecular formula is C29H30F6N2O2. The second-order valence-corrected chi connectivity index (χ2v) is 10.5. The van der Waals surface area contributed by atoms with E-state index in [0.29, 0.717) is 44.4 Å². The van der Waals surface area contributed by atoms with Crippen LogP contribution >= 0.6 is 0 Å². The van der Waals surface area contributed by atoms with Crippen LogP contribution in [0.1, 0.15) is 79.7 Å². The van der Waals surface area contributed by atoms with Crippen LogP contribution in [0, 0.1) is 17.2 Å². The number of piperidine rings is 1. The molecule has 1 heterocycles. The van der Waals surface area contributed by atoms with E-state index >= 15 is 0 Å². The molecule has 1 aliphatic heterocycles. The first-order chi connectivity index (χ1) is 18.3. The van der Waals surface area contributed by atoms with Crippen molar-refractivity contribution in [1.82, 2.24) is 4.90 Å². The molecular weight excluding hydrogens is 522 g/mol. The molecule has 0 unspecified atom stereocenters. The molecule has 2 aromatic rings. The summed E-state index contributed by atoms with van der Waals surface area (Å²) in [6.45, 7) is 1.91. The first-order valence-corrected chi connectivity index (χ1v) is 13.0. The summed E-state index contributed by atoms with van der Waals surface area (Å²) in [5.74, 6) is -0.407. The highest BCUT2D eigenvalue weighted by Gasteiger charge is 2.48. The van der Waals surface area contributed by atoms with Crippen LogP contribution in [-0.2, 0) is 21.9 Å². The van der Waals surface area contributed by atoms with Gasteiger partial charge in [0.2, 0.25) is 5.91 Å². The summed E-state index contributed by atoms with van der Waals surface area (Å²) in [4.78, 5) is 14.4. The minimum absolute atomic E-state index is 0.00375. The van der Waals surface area contributed by atoms with Gasteiger partial charge in [0.05, 0.1) is 29.9 Å². The SMILES string of the molecule is C[C@@H](OC[C@H]1C[C@](C#N)(N2CCCCC2=O)CC[C@@H]1c1ccccc1)c1cc(C(F)(F)F)cc(C(F)(F)F)c1. The number of ether oxygens (including phenoxy) is 1. The number of rotatable bonds is 6. The van der Waals surface area contributed by atoms with Crippen LogP contribution in [0.25, 0.3) is 0 Å². The Kier molecular flexibility index (Phi) is 8.31. The fraction of sp³-hybridized carbons (Fsp3) is 0.517. The average molecular weight is 553 g/mol. The van der Waals surface area contributed by atoms with E-state index in [4.69, 9.17) is 4.74 Å². The maximum atomic E-state index is 13.4. The zero-order valence-corrected chi connectivity index (χ0v) is 21.5. The summed E-state index contributed by atoms with van der Waals surface area (Å²) >= 11 is 0. The third-order valence-corrected chi connectivity index (χ3v) is 7.95. The van der Waals surface area contributed by atoms with Crippen LogP contribution in [0.4, 0.5) is 26.3 Å². The van der Waals surface area contributed by atoms with Crippen LogP contribution in [0.5, 0.6) is 0 Å². The molecule has 4 atom stereocenters.